The third-order valence-electron chi connectivity index (χ3n) is 3.10. The number of hydrogen-bond donors (Lipinski definition) is 2. The van der Waals surface area contributed by atoms with Crippen molar-refractivity contribution in [3.63, 3.8) is 0 Å². The third-order valence-corrected chi connectivity index (χ3v) is 3.10. The first kappa shape index (κ1) is 12.6. The first-order chi connectivity index (χ1) is 8.70. The Hall–Kier alpha value is -1.86. The summed E-state index contributed by atoms with van der Waals surface area (Å²) in [5.41, 5.74) is 6.54. The van der Waals surface area contributed by atoms with Gasteiger partial charge in [0.2, 0.25) is 0 Å². The SMILES string of the molecule is CC1CC(NC(=O)c2ccncc2C#CCN)C1. The largest absolute Gasteiger partial charge is 0.349 e. The van der Waals surface area contributed by atoms with E-state index in [0.717, 1.165) is 12.8 Å². The molecule has 94 valence electrons. The minimum Gasteiger partial charge on any atom is -0.349 e. The Kier molecular flexibility index (Phi) is 3.96. The molecule has 0 aromatic carbocycles. The van der Waals surface area contributed by atoms with Crippen LogP contribution in [0.15, 0.2) is 18.5 Å². The minimum atomic E-state index is -0.0735. The average Bonchev–Trinajstić information content (AvgIpc) is 2.34. The molecule has 0 aliphatic heterocycles. The van der Waals surface area contributed by atoms with Crippen LogP contribution >= 0.6 is 0 Å². The molecule has 0 atom stereocenters. The number of hydrogen-bond acceptors (Lipinski definition) is 3. The average molecular weight is 243 g/mol. The highest BCUT2D eigenvalue weighted by Crippen LogP contribution is 2.26. The summed E-state index contributed by atoms with van der Waals surface area (Å²) in [4.78, 5) is 16.1. The Labute approximate surface area is 107 Å². The second kappa shape index (κ2) is 5.65. The first-order valence-electron chi connectivity index (χ1n) is 6.14. The molecule has 1 aliphatic carbocycles. The lowest BCUT2D eigenvalue weighted by Gasteiger charge is -2.33. The molecule has 1 amide bonds. The van der Waals surface area contributed by atoms with Crippen LogP contribution in [0.3, 0.4) is 0 Å². The van der Waals surface area contributed by atoms with Crippen molar-refractivity contribution in [2.75, 3.05) is 6.54 Å². The number of nitrogens with zero attached hydrogens (tertiary/aromatic N) is 1. The normalized spacial score (nSPS) is 21.4. The summed E-state index contributed by atoms with van der Waals surface area (Å²) in [5, 5.41) is 3.01. The van der Waals surface area contributed by atoms with Gasteiger partial charge in [-0.05, 0) is 24.8 Å². The van der Waals surface area contributed by atoms with E-state index in [0.29, 0.717) is 23.1 Å². The molecule has 0 radical (unpaired) electrons. The van der Waals surface area contributed by atoms with Gasteiger partial charge in [-0.15, -0.1) is 0 Å². The maximum atomic E-state index is 12.1. The third kappa shape index (κ3) is 2.88. The maximum absolute atomic E-state index is 12.1. The van der Waals surface area contributed by atoms with Gasteiger partial charge in [-0.2, -0.15) is 0 Å². The van der Waals surface area contributed by atoms with Crippen LogP contribution in [0.2, 0.25) is 0 Å². The number of amides is 1. The van der Waals surface area contributed by atoms with Crippen molar-refractivity contribution >= 4 is 5.91 Å². The fourth-order valence-electron chi connectivity index (χ4n) is 2.12. The molecule has 18 heavy (non-hydrogen) atoms. The molecule has 0 saturated heterocycles. The van der Waals surface area contributed by atoms with Gasteiger partial charge in [0.25, 0.3) is 5.91 Å². The standard InChI is InChI=1S/C14H17N3O/c1-10-7-12(8-10)17-14(18)13-4-6-16-9-11(13)3-2-5-15/h4,6,9-10,12H,5,7-8,15H2,1H3,(H,17,18). The zero-order valence-electron chi connectivity index (χ0n) is 10.4. The second-order valence-electron chi connectivity index (χ2n) is 4.67. The van der Waals surface area contributed by atoms with E-state index in [1.54, 1.807) is 18.5 Å². The first-order valence-corrected chi connectivity index (χ1v) is 6.14. The van der Waals surface area contributed by atoms with Crippen LogP contribution in [0.4, 0.5) is 0 Å². The lowest BCUT2D eigenvalue weighted by Crippen LogP contribution is -2.43. The molecular formula is C14H17N3O. The van der Waals surface area contributed by atoms with Gasteiger partial charge in [0.1, 0.15) is 0 Å². The number of carbonyl (C=O) groups is 1. The van der Waals surface area contributed by atoms with Gasteiger partial charge in [0.05, 0.1) is 17.7 Å². The lowest BCUT2D eigenvalue weighted by molar-refractivity contribution is 0.0895. The smallest absolute Gasteiger partial charge is 0.252 e. The number of rotatable bonds is 2. The van der Waals surface area contributed by atoms with E-state index in [1.165, 1.54) is 0 Å². The van der Waals surface area contributed by atoms with E-state index in [2.05, 4.69) is 29.1 Å². The summed E-state index contributed by atoms with van der Waals surface area (Å²) < 4.78 is 0. The van der Waals surface area contributed by atoms with Crippen molar-refractivity contribution < 1.29 is 4.79 Å². The van der Waals surface area contributed by atoms with E-state index in [-0.39, 0.29) is 12.5 Å². The van der Waals surface area contributed by atoms with Crippen molar-refractivity contribution in [2.24, 2.45) is 11.7 Å². The molecule has 1 aromatic heterocycles. The Morgan fingerprint density at radius 2 is 2.39 bits per heavy atom. The predicted octanol–water partition coefficient (Wildman–Crippen LogP) is 0.920. The lowest BCUT2D eigenvalue weighted by atomic mass is 9.82. The molecule has 0 bridgehead atoms. The van der Waals surface area contributed by atoms with Gasteiger partial charge in [0, 0.05) is 18.4 Å². The molecule has 0 spiro atoms. The van der Waals surface area contributed by atoms with Gasteiger partial charge < -0.3 is 11.1 Å². The molecule has 1 saturated carbocycles. The minimum absolute atomic E-state index is 0.0735. The van der Waals surface area contributed by atoms with Crippen molar-refractivity contribution in [3.05, 3.63) is 29.6 Å². The van der Waals surface area contributed by atoms with E-state index in [4.69, 9.17) is 5.73 Å². The zero-order valence-corrected chi connectivity index (χ0v) is 10.4. The topological polar surface area (TPSA) is 68.0 Å². The Balaban J connectivity index is 2.09. The summed E-state index contributed by atoms with van der Waals surface area (Å²) in [6, 6.07) is 1.99. The van der Waals surface area contributed by atoms with Crippen molar-refractivity contribution in [2.45, 2.75) is 25.8 Å². The number of carbonyl (C=O) groups excluding carboxylic acids is 1. The molecule has 1 aliphatic rings. The number of nitrogens with two attached hydrogens (primary N) is 1. The van der Waals surface area contributed by atoms with Gasteiger partial charge in [-0.3, -0.25) is 9.78 Å². The molecular weight excluding hydrogens is 226 g/mol. The van der Waals surface area contributed by atoms with Crippen molar-refractivity contribution in [1.82, 2.24) is 10.3 Å². The highest BCUT2D eigenvalue weighted by Gasteiger charge is 2.27. The fraction of sp³-hybridized carbons (Fsp3) is 0.429. The van der Waals surface area contributed by atoms with Gasteiger partial charge in [-0.1, -0.05) is 18.8 Å². The molecule has 1 heterocycles. The summed E-state index contributed by atoms with van der Waals surface area (Å²) in [5.74, 6) is 6.26. The Bertz CT molecular complexity index is 495. The predicted molar refractivity (Wildman–Crippen MR) is 69.8 cm³/mol. The van der Waals surface area contributed by atoms with E-state index in [9.17, 15) is 4.79 Å². The number of pyridine rings is 1. The molecule has 0 unspecified atom stereocenters. The molecule has 1 fully saturated rings. The molecule has 4 heteroatoms. The van der Waals surface area contributed by atoms with Crippen LogP contribution in [-0.2, 0) is 0 Å². The van der Waals surface area contributed by atoms with Crippen LogP contribution in [0.1, 0.15) is 35.7 Å². The van der Waals surface area contributed by atoms with E-state index in [1.807, 2.05) is 0 Å². The van der Waals surface area contributed by atoms with Crippen molar-refractivity contribution in [3.8, 4) is 11.8 Å². The summed E-state index contributed by atoms with van der Waals surface area (Å²) in [6.07, 6.45) is 5.31. The molecule has 2 rings (SSSR count). The van der Waals surface area contributed by atoms with Crippen LogP contribution in [0.25, 0.3) is 0 Å². The van der Waals surface area contributed by atoms with Crippen LogP contribution < -0.4 is 11.1 Å². The van der Waals surface area contributed by atoms with E-state index >= 15 is 0 Å². The fourth-order valence-corrected chi connectivity index (χ4v) is 2.12. The number of aromatic nitrogens is 1. The van der Waals surface area contributed by atoms with Crippen LogP contribution in [0, 0.1) is 17.8 Å². The quantitative estimate of drug-likeness (QED) is 0.759. The van der Waals surface area contributed by atoms with E-state index < -0.39 is 0 Å². The highest BCUT2D eigenvalue weighted by molar-refractivity contribution is 5.96. The summed E-state index contributed by atoms with van der Waals surface area (Å²) in [6.45, 7) is 2.46. The molecule has 4 nitrogen and oxygen atoms in total. The molecule has 3 N–H and O–H groups in total. The second-order valence-corrected chi connectivity index (χ2v) is 4.67. The van der Waals surface area contributed by atoms with Gasteiger partial charge >= 0.3 is 0 Å². The van der Waals surface area contributed by atoms with Crippen molar-refractivity contribution in [1.29, 1.82) is 0 Å². The molecule has 1 aromatic rings. The van der Waals surface area contributed by atoms with Gasteiger partial charge in [0.15, 0.2) is 0 Å². The van der Waals surface area contributed by atoms with Crippen LogP contribution in [-0.4, -0.2) is 23.5 Å². The highest BCUT2D eigenvalue weighted by atomic mass is 16.1. The Morgan fingerprint density at radius 1 is 1.61 bits per heavy atom. The monoisotopic (exact) mass is 243 g/mol. The van der Waals surface area contributed by atoms with Gasteiger partial charge in [-0.25, -0.2) is 0 Å². The summed E-state index contributed by atoms with van der Waals surface area (Å²) >= 11 is 0. The van der Waals surface area contributed by atoms with Crippen LogP contribution in [0.5, 0.6) is 0 Å². The zero-order chi connectivity index (χ0) is 13.0. The Morgan fingerprint density at radius 3 is 3.06 bits per heavy atom. The number of nitrogens with one attached hydrogen (secondary N) is 1. The summed E-state index contributed by atoms with van der Waals surface area (Å²) in [7, 11) is 0. The maximum Gasteiger partial charge on any atom is 0.252 e.